The van der Waals surface area contributed by atoms with E-state index < -0.39 is 0 Å². The first-order valence-electron chi connectivity index (χ1n) is 8.44. The van der Waals surface area contributed by atoms with Crippen molar-refractivity contribution in [3.8, 4) is 5.69 Å². The molecule has 0 aliphatic rings. The van der Waals surface area contributed by atoms with Crippen LogP contribution in [0, 0.1) is 12.8 Å². The Morgan fingerprint density at radius 1 is 1.19 bits per heavy atom. The van der Waals surface area contributed by atoms with Crippen molar-refractivity contribution in [3.05, 3.63) is 69.0 Å². The number of nitrogens with zero attached hydrogens (tertiary/aromatic N) is 1. The van der Waals surface area contributed by atoms with Gasteiger partial charge in [-0.15, -0.1) is 11.3 Å². The molecule has 0 saturated heterocycles. The fourth-order valence-corrected chi connectivity index (χ4v) is 3.81. The molecule has 0 bridgehead atoms. The average Bonchev–Trinajstić information content (AvgIpc) is 3.24. The molecule has 6 nitrogen and oxygen atoms in total. The summed E-state index contributed by atoms with van der Waals surface area (Å²) in [6, 6.07) is 10.9. The number of imidazole rings is 1. The van der Waals surface area contributed by atoms with Gasteiger partial charge in [0.2, 0.25) is 0 Å². The third-order valence-corrected chi connectivity index (χ3v) is 5.11. The summed E-state index contributed by atoms with van der Waals surface area (Å²) in [5, 5.41) is 7.92. The zero-order chi connectivity index (χ0) is 18.7. The molecule has 26 heavy (non-hydrogen) atoms. The number of amides is 2. The number of carbonyl (C=O) groups excluding carboxylic acids is 1. The van der Waals surface area contributed by atoms with E-state index in [9.17, 15) is 9.59 Å². The van der Waals surface area contributed by atoms with Crippen molar-refractivity contribution in [1.29, 1.82) is 0 Å². The molecule has 2 heterocycles. The van der Waals surface area contributed by atoms with Crippen LogP contribution in [0.15, 0.2) is 52.8 Å². The fourth-order valence-electron chi connectivity index (χ4n) is 2.86. The number of rotatable bonds is 5. The van der Waals surface area contributed by atoms with Gasteiger partial charge in [0, 0.05) is 16.8 Å². The number of anilines is 1. The Hall–Kier alpha value is -2.80. The van der Waals surface area contributed by atoms with Crippen molar-refractivity contribution >= 4 is 23.1 Å². The number of H-pyrrole nitrogens is 1. The molecule has 0 saturated carbocycles. The van der Waals surface area contributed by atoms with E-state index in [1.54, 1.807) is 29.7 Å². The largest absolute Gasteiger partial charge is 0.330 e. The lowest BCUT2D eigenvalue weighted by molar-refractivity contribution is 0.245. The van der Waals surface area contributed by atoms with Crippen LogP contribution in [0.5, 0.6) is 0 Å². The van der Waals surface area contributed by atoms with Crippen LogP contribution in [0.2, 0.25) is 0 Å². The van der Waals surface area contributed by atoms with E-state index >= 15 is 0 Å². The molecule has 0 aliphatic carbocycles. The number of thiophene rings is 1. The molecule has 1 unspecified atom stereocenters. The van der Waals surface area contributed by atoms with Gasteiger partial charge in [-0.1, -0.05) is 32.0 Å². The maximum atomic E-state index is 12.6. The molecule has 2 aromatic heterocycles. The quantitative estimate of drug-likeness (QED) is 0.633. The predicted octanol–water partition coefficient (Wildman–Crippen LogP) is 4.05. The summed E-state index contributed by atoms with van der Waals surface area (Å²) in [6.45, 7) is 5.98. The Kier molecular flexibility index (Phi) is 5.27. The van der Waals surface area contributed by atoms with Crippen LogP contribution < -0.4 is 16.3 Å². The lowest BCUT2D eigenvalue weighted by atomic mass is 10.0. The van der Waals surface area contributed by atoms with Crippen LogP contribution >= 0.6 is 11.3 Å². The van der Waals surface area contributed by atoms with Crippen LogP contribution in [-0.2, 0) is 0 Å². The zero-order valence-corrected chi connectivity index (χ0v) is 15.8. The molecule has 1 aromatic carbocycles. The summed E-state index contributed by atoms with van der Waals surface area (Å²) < 4.78 is 1.54. The van der Waals surface area contributed by atoms with Gasteiger partial charge in [-0.25, -0.2) is 9.59 Å². The van der Waals surface area contributed by atoms with E-state index in [-0.39, 0.29) is 23.7 Å². The van der Waals surface area contributed by atoms with E-state index in [1.807, 2.05) is 36.6 Å². The van der Waals surface area contributed by atoms with E-state index in [0.717, 1.165) is 10.6 Å². The molecular weight excluding hydrogens is 348 g/mol. The van der Waals surface area contributed by atoms with Gasteiger partial charge in [0.1, 0.15) is 0 Å². The molecule has 136 valence electrons. The first-order chi connectivity index (χ1) is 12.5. The molecule has 0 radical (unpaired) electrons. The minimum absolute atomic E-state index is 0.0705. The Morgan fingerprint density at radius 3 is 2.58 bits per heavy atom. The molecule has 1 atom stereocenters. The van der Waals surface area contributed by atoms with Crippen LogP contribution in [0.3, 0.4) is 0 Å². The van der Waals surface area contributed by atoms with E-state index in [2.05, 4.69) is 29.5 Å². The smallest absolute Gasteiger partial charge is 0.330 e. The zero-order valence-electron chi connectivity index (χ0n) is 14.9. The van der Waals surface area contributed by atoms with Crippen LogP contribution in [0.25, 0.3) is 5.69 Å². The van der Waals surface area contributed by atoms with Crippen molar-refractivity contribution in [2.75, 3.05) is 5.32 Å². The minimum atomic E-state index is -0.300. The van der Waals surface area contributed by atoms with Crippen molar-refractivity contribution < 1.29 is 4.79 Å². The number of carbonyl (C=O) groups is 1. The summed E-state index contributed by atoms with van der Waals surface area (Å²) in [6.07, 6.45) is 1.64. The topological polar surface area (TPSA) is 78.9 Å². The van der Waals surface area contributed by atoms with Gasteiger partial charge in [-0.3, -0.25) is 4.57 Å². The molecule has 7 heteroatoms. The van der Waals surface area contributed by atoms with Gasteiger partial charge in [0.05, 0.1) is 17.4 Å². The number of hydrogen-bond donors (Lipinski definition) is 3. The summed E-state index contributed by atoms with van der Waals surface area (Å²) in [5.41, 5.74) is 1.73. The van der Waals surface area contributed by atoms with Crippen molar-refractivity contribution in [2.24, 2.45) is 5.92 Å². The molecule has 2 amide bonds. The molecular formula is C19H22N4O2S. The monoisotopic (exact) mass is 370 g/mol. The third kappa shape index (κ3) is 3.72. The van der Waals surface area contributed by atoms with Crippen LogP contribution in [0.1, 0.15) is 30.5 Å². The summed E-state index contributed by atoms with van der Waals surface area (Å²) in [7, 11) is 0. The summed E-state index contributed by atoms with van der Waals surface area (Å²) >= 11 is 1.62. The van der Waals surface area contributed by atoms with Gasteiger partial charge >= 0.3 is 11.7 Å². The highest BCUT2D eigenvalue weighted by Gasteiger charge is 2.20. The summed E-state index contributed by atoms with van der Waals surface area (Å²) in [4.78, 5) is 28.5. The van der Waals surface area contributed by atoms with Gasteiger partial charge in [0.25, 0.3) is 0 Å². The van der Waals surface area contributed by atoms with Crippen molar-refractivity contribution in [2.45, 2.75) is 26.8 Å². The van der Waals surface area contributed by atoms with Crippen LogP contribution in [-0.4, -0.2) is 15.6 Å². The molecule has 3 aromatic rings. The van der Waals surface area contributed by atoms with Crippen molar-refractivity contribution in [3.63, 3.8) is 0 Å². The standard InChI is InChI=1S/C19H22N4O2S/c1-12(2)17(16-9-6-10-26-16)22-18(24)21-14-7-4-5-8-15(14)23-13(3)11-20-19(23)25/h4-12,17H,1-3H3,(H,20,25)(H2,21,22,24). The van der Waals surface area contributed by atoms with Crippen molar-refractivity contribution in [1.82, 2.24) is 14.9 Å². The normalized spacial score (nSPS) is 12.2. The maximum Gasteiger partial charge on any atom is 0.330 e. The Balaban J connectivity index is 1.83. The molecule has 0 spiro atoms. The number of para-hydroxylation sites is 2. The second-order valence-corrected chi connectivity index (χ2v) is 7.40. The van der Waals surface area contributed by atoms with E-state index in [4.69, 9.17) is 0 Å². The number of aromatic amines is 1. The van der Waals surface area contributed by atoms with Gasteiger partial charge in [-0.2, -0.15) is 0 Å². The number of nitrogens with one attached hydrogen (secondary N) is 3. The number of benzene rings is 1. The minimum Gasteiger partial charge on any atom is -0.330 e. The highest BCUT2D eigenvalue weighted by molar-refractivity contribution is 7.10. The highest BCUT2D eigenvalue weighted by Crippen LogP contribution is 2.26. The second-order valence-electron chi connectivity index (χ2n) is 6.42. The first kappa shape index (κ1) is 18.0. The molecule has 0 aliphatic heterocycles. The first-order valence-corrected chi connectivity index (χ1v) is 9.32. The average molecular weight is 370 g/mol. The maximum absolute atomic E-state index is 12.6. The lowest BCUT2D eigenvalue weighted by Gasteiger charge is -2.22. The summed E-state index contributed by atoms with van der Waals surface area (Å²) in [5.74, 6) is 0.254. The fraction of sp³-hybridized carbons (Fsp3) is 0.263. The van der Waals surface area contributed by atoms with Gasteiger partial charge in [0.15, 0.2) is 0 Å². The molecule has 3 rings (SSSR count). The Labute approximate surface area is 155 Å². The SMILES string of the molecule is Cc1c[nH]c(=O)n1-c1ccccc1NC(=O)NC(c1cccs1)C(C)C. The van der Waals surface area contributed by atoms with Crippen LogP contribution in [0.4, 0.5) is 10.5 Å². The predicted molar refractivity (Wildman–Crippen MR) is 105 cm³/mol. The number of hydrogen-bond acceptors (Lipinski definition) is 3. The van der Waals surface area contributed by atoms with Gasteiger partial charge < -0.3 is 15.6 Å². The Morgan fingerprint density at radius 2 is 1.96 bits per heavy atom. The number of urea groups is 1. The second kappa shape index (κ2) is 7.61. The third-order valence-electron chi connectivity index (χ3n) is 4.16. The van der Waals surface area contributed by atoms with E-state index in [0.29, 0.717) is 11.4 Å². The lowest BCUT2D eigenvalue weighted by Crippen LogP contribution is -2.35. The Bertz CT molecular complexity index is 941. The molecule has 0 fully saturated rings. The van der Waals surface area contributed by atoms with Gasteiger partial charge in [-0.05, 0) is 36.4 Å². The van der Waals surface area contributed by atoms with E-state index in [1.165, 1.54) is 4.57 Å². The number of aromatic nitrogens is 2. The highest BCUT2D eigenvalue weighted by atomic mass is 32.1. The number of aryl methyl sites for hydroxylation is 1. The molecule has 3 N–H and O–H groups in total.